The largest absolute Gasteiger partial charge is 0.454 e. The zero-order valence-electron chi connectivity index (χ0n) is 11.4. The Kier molecular flexibility index (Phi) is 2.78. The lowest BCUT2D eigenvalue weighted by Crippen LogP contribution is -2.25. The third-order valence-electron chi connectivity index (χ3n) is 3.97. The van der Waals surface area contributed by atoms with Crippen molar-refractivity contribution in [1.29, 1.82) is 0 Å². The molecule has 2 aromatic rings. The van der Waals surface area contributed by atoms with Crippen LogP contribution < -0.4 is 15.2 Å². The van der Waals surface area contributed by atoms with Gasteiger partial charge in [-0.25, -0.2) is 4.79 Å². The molecule has 0 amide bonds. The van der Waals surface area contributed by atoms with Gasteiger partial charge < -0.3 is 14.6 Å². The van der Waals surface area contributed by atoms with Gasteiger partial charge in [-0.3, -0.25) is 9.13 Å². The number of aliphatic hydroxyl groups is 1. The van der Waals surface area contributed by atoms with Crippen molar-refractivity contribution in [3.63, 3.8) is 0 Å². The minimum Gasteiger partial charge on any atom is -0.454 e. The summed E-state index contributed by atoms with van der Waals surface area (Å²) < 4.78 is 13.8. The van der Waals surface area contributed by atoms with Crippen LogP contribution >= 0.6 is 0 Å². The quantitative estimate of drug-likeness (QED) is 0.924. The van der Waals surface area contributed by atoms with Crippen LogP contribution in [0.2, 0.25) is 0 Å². The summed E-state index contributed by atoms with van der Waals surface area (Å²) in [6.07, 6.45) is 4.90. The lowest BCUT2D eigenvalue weighted by molar-refractivity contribution is 0.154. The van der Waals surface area contributed by atoms with E-state index in [1.54, 1.807) is 39.7 Å². The minimum atomic E-state index is -0.757. The van der Waals surface area contributed by atoms with Crippen molar-refractivity contribution in [3.05, 3.63) is 46.6 Å². The smallest absolute Gasteiger partial charge is 0.328 e. The number of nitrogens with zero attached hydrogens (tertiary/aromatic N) is 2. The van der Waals surface area contributed by atoms with Crippen LogP contribution in [-0.4, -0.2) is 21.0 Å². The summed E-state index contributed by atoms with van der Waals surface area (Å²) in [4.78, 5) is 12.2. The van der Waals surface area contributed by atoms with Gasteiger partial charge in [0, 0.05) is 18.4 Å². The Morgan fingerprint density at radius 2 is 2.05 bits per heavy atom. The van der Waals surface area contributed by atoms with Gasteiger partial charge in [0.25, 0.3) is 0 Å². The maximum Gasteiger partial charge on any atom is 0.328 e. The number of aliphatic hydroxyl groups excluding tert-OH is 1. The summed E-state index contributed by atoms with van der Waals surface area (Å²) >= 11 is 0. The molecule has 2 aliphatic rings. The van der Waals surface area contributed by atoms with Gasteiger partial charge in [0.1, 0.15) is 0 Å². The predicted molar refractivity (Wildman–Crippen MR) is 74.5 cm³/mol. The number of ether oxygens (including phenoxy) is 2. The summed E-state index contributed by atoms with van der Waals surface area (Å²) in [5.41, 5.74) is 0.655. The fraction of sp³-hybridized carbons (Fsp3) is 0.400. The molecular formula is C15H16N2O4. The molecule has 1 fully saturated rings. The van der Waals surface area contributed by atoms with Crippen LogP contribution in [0.1, 0.15) is 30.6 Å². The highest BCUT2D eigenvalue weighted by Crippen LogP contribution is 2.35. The Bertz CT molecular complexity index is 730. The van der Waals surface area contributed by atoms with E-state index in [9.17, 15) is 9.90 Å². The average Bonchev–Trinajstić information content (AvgIpc) is 3.11. The number of rotatable bonds is 4. The van der Waals surface area contributed by atoms with Crippen molar-refractivity contribution >= 4 is 0 Å². The number of fused-ring (bicyclic) bond motifs is 1. The van der Waals surface area contributed by atoms with E-state index in [4.69, 9.17) is 9.47 Å². The maximum atomic E-state index is 12.2. The third-order valence-corrected chi connectivity index (χ3v) is 3.97. The highest BCUT2D eigenvalue weighted by molar-refractivity contribution is 5.45. The van der Waals surface area contributed by atoms with Crippen molar-refractivity contribution in [2.24, 2.45) is 0 Å². The lowest BCUT2D eigenvalue weighted by Gasteiger charge is -2.12. The molecule has 6 nitrogen and oxygen atoms in total. The molecule has 1 saturated carbocycles. The normalized spacial score (nSPS) is 18.0. The summed E-state index contributed by atoms with van der Waals surface area (Å²) in [5.74, 6) is 1.32. The SMILES string of the molecule is O=c1n(CC(O)c2ccc3c(c2)OCO3)ccn1C1CC1. The van der Waals surface area contributed by atoms with Gasteiger partial charge in [-0.2, -0.15) is 0 Å². The summed E-state index contributed by atoms with van der Waals surface area (Å²) in [5, 5.41) is 10.3. The van der Waals surface area contributed by atoms with Crippen LogP contribution in [0.3, 0.4) is 0 Å². The van der Waals surface area contributed by atoms with Gasteiger partial charge in [0.05, 0.1) is 12.6 Å². The van der Waals surface area contributed by atoms with Gasteiger partial charge in [-0.05, 0) is 30.5 Å². The summed E-state index contributed by atoms with van der Waals surface area (Å²) in [7, 11) is 0. The second-order valence-electron chi connectivity index (χ2n) is 5.50. The highest BCUT2D eigenvalue weighted by atomic mass is 16.7. The van der Waals surface area contributed by atoms with Gasteiger partial charge in [0.15, 0.2) is 11.5 Å². The van der Waals surface area contributed by atoms with E-state index in [1.807, 2.05) is 0 Å². The Balaban J connectivity index is 1.55. The molecule has 0 spiro atoms. The molecule has 1 N–H and O–H groups in total. The van der Waals surface area contributed by atoms with Crippen LogP contribution in [0.4, 0.5) is 0 Å². The van der Waals surface area contributed by atoms with Gasteiger partial charge in [-0.15, -0.1) is 0 Å². The first kappa shape index (κ1) is 12.5. The van der Waals surface area contributed by atoms with Crippen LogP contribution in [0.5, 0.6) is 11.5 Å². The van der Waals surface area contributed by atoms with E-state index in [-0.39, 0.29) is 19.0 Å². The third kappa shape index (κ3) is 2.21. The van der Waals surface area contributed by atoms with Crippen molar-refractivity contribution < 1.29 is 14.6 Å². The Hall–Kier alpha value is -2.21. The van der Waals surface area contributed by atoms with Gasteiger partial charge in [0.2, 0.25) is 6.79 Å². The molecule has 1 unspecified atom stereocenters. The fourth-order valence-electron chi connectivity index (χ4n) is 2.61. The summed E-state index contributed by atoms with van der Waals surface area (Å²) in [6.45, 7) is 0.441. The number of benzene rings is 1. The molecule has 0 bridgehead atoms. The zero-order valence-corrected chi connectivity index (χ0v) is 11.4. The molecule has 21 heavy (non-hydrogen) atoms. The molecule has 1 aromatic carbocycles. The molecule has 4 rings (SSSR count). The first-order valence-electron chi connectivity index (χ1n) is 7.07. The second-order valence-corrected chi connectivity index (χ2v) is 5.50. The van der Waals surface area contributed by atoms with Crippen molar-refractivity contribution in [3.8, 4) is 11.5 Å². The molecule has 6 heteroatoms. The highest BCUT2D eigenvalue weighted by Gasteiger charge is 2.26. The van der Waals surface area contributed by atoms with E-state index < -0.39 is 6.10 Å². The van der Waals surface area contributed by atoms with E-state index in [0.29, 0.717) is 23.1 Å². The van der Waals surface area contributed by atoms with Crippen LogP contribution in [-0.2, 0) is 6.54 Å². The number of hydrogen-bond acceptors (Lipinski definition) is 4. The first-order valence-corrected chi connectivity index (χ1v) is 7.07. The molecule has 1 aliphatic carbocycles. The molecule has 1 atom stereocenters. The van der Waals surface area contributed by atoms with Gasteiger partial charge in [-0.1, -0.05) is 6.07 Å². The van der Waals surface area contributed by atoms with Crippen molar-refractivity contribution in [2.45, 2.75) is 31.5 Å². The molecule has 110 valence electrons. The average molecular weight is 288 g/mol. The number of imidazole rings is 1. The molecular weight excluding hydrogens is 272 g/mol. The Morgan fingerprint density at radius 1 is 1.24 bits per heavy atom. The predicted octanol–water partition coefficient (Wildman–Crippen LogP) is 1.45. The topological polar surface area (TPSA) is 65.6 Å². The maximum absolute atomic E-state index is 12.2. The zero-order chi connectivity index (χ0) is 14.4. The molecule has 1 aliphatic heterocycles. The monoisotopic (exact) mass is 288 g/mol. The summed E-state index contributed by atoms with van der Waals surface area (Å²) in [6, 6.07) is 5.68. The first-order chi connectivity index (χ1) is 10.2. The van der Waals surface area contributed by atoms with E-state index >= 15 is 0 Å². The van der Waals surface area contributed by atoms with E-state index in [2.05, 4.69) is 0 Å². The number of aromatic nitrogens is 2. The Morgan fingerprint density at radius 3 is 2.86 bits per heavy atom. The second kappa shape index (κ2) is 4.66. The van der Waals surface area contributed by atoms with Crippen LogP contribution in [0.25, 0.3) is 0 Å². The molecule has 1 aromatic heterocycles. The molecule has 0 saturated heterocycles. The van der Waals surface area contributed by atoms with E-state index in [1.165, 1.54) is 0 Å². The lowest BCUT2D eigenvalue weighted by atomic mass is 10.1. The number of hydrogen-bond donors (Lipinski definition) is 1. The Labute approximate surface area is 121 Å². The standard InChI is InChI=1S/C15H16N2O4/c18-12(10-1-4-13-14(7-10)21-9-20-13)8-16-5-6-17(15(16)19)11-2-3-11/h1,4-7,11-12,18H,2-3,8-9H2. The van der Waals surface area contributed by atoms with Crippen LogP contribution in [0, 0.1) is 0 Å². The minimum absolute atomic E-state index is 0.0581. The van der Waals surface area contributed by atoms with Gasteiger partial charge >= 0.3 is 5.69 Å². The van der Waals surface area contributed by atoms with Crippen molar-refractivity contribution in [2.75, 3.05) is 6.79 Å². The fourth-order valence-corrected chi connectivity index (χ4v) is 2.61. The van der Waals surface area contributed by atoms with Crippen molar-refractivity contribution in [1.82, 2.24) is 9.13 Å². The molecule has 2 heterocycles. The molecule has 0 radical (unpaired) electrons. The van der Waals surface area contributed by atoms with Crippen LogP contribution in [0.15, 0.2) is 35.4 Å². The van der Waals surface area contributed by atoms with E-state index in [0.717, 1.165) is 12.8 Å².